The van der Waals surface area contributed by atoms with E-state index in [0.29, 0.717) is 19.1 Å². The highest BCUT2D eigenvalue weighted by molar-refractivity contribution is 5.78. The summed E-state index contributed by atoms with van der Waals surface area (Å²) >= 11 is 0. The fourth-order valence-corrected chi connectivity index (χ4v) is 2.60. The predicted octanol–water partition coefficient (Wildman–Crippen LogP) is 2.44. The molecular weight excluding hydrogens is 276 g/mol. The van der Waals surface area contributed by atoms with E-state index in [2.05, 4.69) is 39.5 Å². The molecule has 2 rings (SSSR count). The summed E-state index contributed by atoms with van der Waals surface area (Å²) in [6.45, 7) is 4.24. The topological polar surface area (TPSA) is 62.9 Å². The number of hydrogen-bond donors (Lipinski definition) is 2. The van der Waals surface area contributed by atoms with Crippen LogP contribution in [0.1, 0.15) is 31.2 Å². The second kappa shape index (κ2) is 9.30. The molecule has 1 aliphatic heterocycles. The van der Waals surface area contributed by atoms with Crippen molar-refractivity contribution in [3.8, 4) is 0 Å². The number of methoxy groups -OCH3 is 1. The van der Waals surface area contributed by atoms with E-state index < -0.39 is 0 Å². The molecule has 1 heterocycles. The van der Waals surface area contributed by atoms with E-state index in [0.717, 1.165) is 25.3 Å². The van der Waals surface area contributed by atoms with E-state index in [1.165, 1.54) is 31.2 Å². The number of likely N-dealkylation sites (tertiary alicyclic amines) is 1. The molecule has 22 heavy (non-hydrogen) atoms. The molecule has 0 atom stereocenters. The maximum absolute atomic E-state index is 6.13. The Bertz CT molecular complexity index is 450. The molecule has 0 radical (unpaired) electrons. The van der Waals surface area contributed by atoms with Gasteiger partial charge in [-0.15, -0.1) is 0 Å². The maximum Gasteiger partial charge on any atom is 0.191 e. The molecule has 0 aromatic heterocycles. The highest BCUT2D eigenvalue weighted by Gasteiger charge is 2.10. The van der Waals surface area contributed by atoms with Crippen LogP contribution in [0.3, 0.4) is 0 Å². The summed E-state index contributed by atoms with van der Waals surface area (Å²) in [4.78, 5) is 6.76. The molecular formula is C17H28N4O. The number of guanidine groups is 1. The number of benzene rings is 1. The van der Waals surface area contributed by atoms with Crippen LogP contribution in [-0.2, 0) is 11.3 Å². The Kier molecular flexibility index (Phi) is 7.03. The van der Waals surface area contributed by atoms with Gasteiger partial charge in [0, 0.05) is 32.4 Å². The molecule has 3 N–H and O–H groups in total. The lowest BCUT2D eigenvalue weighted by Gasteiger charge is -2.21. The average Bonchev–Trinajstić information content (AvgIpc) is 2.83. The average molecular weight is 304 g/mol. The normalized spacial score (nSPS) is 16.4. The van der Waals surface area contributed by atoms with E-state index in [9.17, 15) is 0 Å². The minimum atomic E-state index is 0.640. The van der Waals surface area contributed by atoms with Gasteiger partial charge in [0.25, 0.3) is 0 Å². The Morgan fingerprint density at radius 2 is 1.86 bits per heavy atom. The Labute approximate surface area is 133 Å². The molecule has 0 unspecified atom stereocenters. The van der Waals surface area contributed by atoms with Crippen LogP contribution < -0.4 is 11.1 Å². The smallest absolute Gasteiger partial charge is 0.191 e. The number of nitrogens with one attached hydrogen (secondary N) is 1. The Hall–Kier alpha value is -1.75. The van der Waals surface area contributed by atoms with Crippen LogP contribution in [0.2, 0.25) is 0 Å². The monoisotopic (exact) mass is 304 g/mol. The van der Waals surface area contributed by atoms with Crippen LogP contribution in [0.5, 0.6) is 0 Å². The molecule has 1 saturated heterocycles. The largest absolute Gasteiger partial charge is 0.383 e. The fraction of sp³-hybridized carbons (Fsp3) is 0.588. The lowest BCUT2D eigenvalue weighted by molar-refractivity contribution is 0.211. The first-order chi connectivity index (χ1) is 10.8. The van der Waals surface area contributed by atoms with Gasteiger partial charge in [-0.05, 0) is 30.5 Å². The first-order valence-corrected chi connectivity index (χ1v) is 8.16. The Morgan fingerprint density at radius 3 is 2.50 bits per heavy atom. The van der Waals surface area contributed by atoms with Gasteiger partial charge in [0.15, 0.2) is 5.96 Å². The standard InChI is InChI=1S/C17H28N4O/c1-22-13-10-19-16-8-6-15(7-9-16)14-20-17(18)21-11-4-2-3-5-12-21/h6-9,19H,2-5,10-14H2,1H3,(H2,18,20). The predicted molar refractivity (Wildman–Crippen MR) is 92.2 cm³/mol. The second-order valence-corrected chi connectivity index (χ2v) is 5.69. The minimum Gasteiger partial charge on any atom is -0.383 e. The van der Waals surface area contributed by atoms with Gasteiger partial charge >= 0.3 is 0 Å². The van der Waals surface area contributed by atoms with Crippen molar-refractivity contribution >= 4 is 11.6 Å². The molecule has 0 bridgehead atoms. The lowest BCUT2D eigenvalue weighted by Crippen LogP contribution is -2.38. The van der Waals surface area contributed by atoms with Gasteiger partial charge in [0.1, 0.15) is 0 Å². The van der Waals surface area contributed by atoms with Crippen molar-refractivity contribution in [2.24, 2.45) is 10.7 Å². The van der Waals surface area contributed by atoms with Crippen molar-refractivity contribution in [3.05, 3.63) is 29.8 Å². The summed E-state index contributed by atoms with van der Waals surface area (Å²) in [6, 6.07) is 8.33. The van der Waals surface area contributed by atoms with Crippen LogP contribution in [0, 0.1) is 0 Å². The molecule has 5 heteroatoms. The van der Waals surface area contributed by atoms with E-state index in [1.807, 2.05) is 0 Å². The first kappa shape index (κ1) is 16.6. The van der Waals surface area contributed by atoms with Crippen molar-refractivity contribution in [1.29, 1.82) is 0 Å². The molecule has 0 spiro atoms. The van der Waals surface area contributed by atoms with Crippen molar-refractivity contribution in [1.82, 2.24) is 4.90 Å². The molecule has 1 aromatic rings. The third-order valence-electron chi connectivity index (χ3n) is 3.94. The zero-order chi connectivity index (χ0) is 15.6. The van der Waals surface area contributed by atoms with E-state index in [1.54, 1.807) is 7.11 Å². The lowest BCUT2D eigenvalue weighted by atomic mass is 10.2. The molecule has 122 valence electrons. The summed E-state index contributed by atoms with van der Waals surface area (Å²) in [5.41, 5.74) is 8.40. The Morgan fingerprint density at radius 1 is 1.18 bits per heavy atom. The fourth-order valence-electron chi connectivity index (χ4n) is 2.60. The quantitative estimate of drug-likeness (QED) is 0.481. The number of nitrogens with two attached hydrogens (primary N) is 1. The minimum absolute atomic E-state index is 0.640. The molecule has 0 aliphatic carbocycles. The van der Waals surface area contributed by atoms with Gasteiger partial charge in [-0.25, -0.2) is 4.99 Å². The van der Waals surface area contributed by atoms with Crippen LogP contribution in [0.4, 0.5) is 5.69 Å². The second-order valence-electron chi connectivity index (χ2n) is 5.69. The van der Waals surface area contributed by atoms with Crippen LogP contribution in [-0.4, -0.2) is 44.2 Å². The SMILES string of the molecule is COCCNc1ccc(CN=C(N)N2CCCCCC2)cc1. The van der Waals surface area contributed by atoms with E-state index >= 15 is 0 Å². The van der Waals surface area contributed by atoms with Crippen LogP contribution in [0.15, 0.2) is 29.3 Å². The molecule has 1 aromatic carbocycles. The molecule has 5 nitrogen and oxygen atoms in total. The number of aliphatic imine (C=N–C) groups is 1. The number of hydrogen-bond acceptors (Lipinski definition) is 3. The van der Waals surface area contributed by atoms with E-state index in [-0.39, 0.29) is 0 Å². The zero-order valence-corrected chi connectivity index (χ0v) is 13.6. The summed E-state index contributed by atoms with van der Waals surface area (Å²) in [7, 11) is 1.71. The van der Waals surface area contributed by atoms with Crippen molar-refractivity contribution in [2.45, 2.75) is 32.2 Å². The third-order valence-corrected chi connectivity index (χ3v) is 3.94. The van der Waals surface area contributed by atoms with Gasteiger partial charge in [0.2, 0.25) is 0 Å². The van der Waals surface area contributed by atoms with Crippen molar-refractivity contribution in [3.63, 3.8) is 0 Å². The zero-order valence-electron chi connectivity index (χ0n) is 13.6. The highest BCUT2D eigenvalue weighted by Crippen LogP contribution is 2.12. The number of nitrogens with zero attached hydrogens (tertiary/aromatic N) is 2. The first-order valence-electron chi connectivity index (χ1n) is 8.16. The summed E-state index contributed by atoms with van der Waals surface area (Å²) in [5, 5.41) is 3.30. The summed E-state index contributed by atoms with van der Waals surface area (Å²) < 4.78 is 5.02. The highest BCUT2D eigenvalue weighted by atomic mass is 16.5. The summed E-state index contributed by atoms with van der Waals surface area (Å²) in [5.74, 6) is 0.684. The van der Waals surface area contributed by atoms with Crippen LogP contribution >= 0.6 is 0 Å². The van der Waals surface area contributed by atoms with Crippen molar-refractivity contribution in [2.75, 3.05) is 38.7 Å². The Balaban J connectivity index is 1.83. The number of anilines is 1. The van der Waals surface area contributed by atoms with Gasteiger partial charge < -0.3 is 20.7 Å². The molecule has 1 aliphatic rings. The van der Waals surface area contributed by atoms with E-state index in [4.69, 9.17) is 10.5 Å². The molecule has 0 saturated carbocycles. The van der Waals surface area contributed by atoms with Crippen molar-refractivity contribution < 1.29 is 4.74 Å². The maximum atomic E-state index is 6.13. The third kappa shape index (κ3) is 5.56. The number of ether oxygens (including phenoxy) is 1. The van der Waals surface area contributed by atoms with Gasteiger partial charge in [-0.3, -0.25) is 0 Å². The van der Waals surface area contributed by atoms with Gasteiger partial charge in [-0.1, -0.05) is 25.0 Å². The molecule has 0 amide bonds. The number of rotatable bonds is 6. The van der Waals surface area contributed by atoms with Gasteiger partial charge in [0.05, 0.1) is 13.2 Å². The molecule has 1 fully saturated rings. The summed E-state index contributed by atoms with van der Waals surface area (Å²) in [6.07, 6.45) is 5.05. The van der Waals surface area contributed by atoms with Gasteiger partial charge in [-0.2, -0.15) is 0 Å². The van der Waals surface area contributed by atoms with Crippen LogP contribution in [0.25, 0.3) is 0 Å².